The first kappa shape index (κ1) is 17.2. The Labute approximate surface area is 150 Å². The number of carbonyl (C=O) groups excluding carboxylic acids is 4. The number of imide groups is 1. The Bertz CT molecular complexity index is 840. The van der Waals surface area contributed by atoms with E-state index in [1.54, 1.807) is 24.4 Å². The lowest BCUT2D eigenvalue weighted by molar-refractivity contribution is -0.145. The van der Waals surface area contributed by atoms with Crippen LogP contribution in [0, 0.1) is 0 Å². The number of rotatable bonds is 6. The van der Waals surface area contributed by atoms with E-state index in [4.69, 9.17) is 4.74 Å². The van der Waals surface area contributed by atoms with Gasteiger partial charge in [-0.3, -0.25) is 24.1 Å². The van der Waals surface area contributed by atoms with Crippen LogP contribution in [0.25, 0.3) is 6.08 Å². The van der Waals surface area contributed by atoms with Gasteiger partial charge in [0.2, 0.25) is 5.78 Å². The normalized spacial score (nSPS) is 15.8. The van der Waals surface area contributed by atoms with Crippen molar-refractivity contribution in [2.45, 2.75) is 0 Å². The molecule has 2 amide bonds. The molecule has 1 aliphatic heterocycles. The Morgan fingerprint density at radius 2 is 2.08 bits per heavy atom. The van der Waals surface area contributed by atoms with Crippen molar-refractivity contribution in [2.24, 2.45) is 0 Å². The summed E-state index contributed by atoms with van der Waals surface area (Å²) < 4.78 is 4.85. The highest BCUT2D eigenvalue weighted by Gasteiger charge is 2.36. The topological polar surface area (TPSA) is 96.5 Å². The Morgan fingerprint density at radius 1 is 1.24 bits per heavy atom. The van der Waals surface area contributed by atoms with Crippen LogP contribution in [0.2, 0.25) is 0 Å². The maximum absolute atomic E-state index is 12.2. The second kappa shape index (κ2) is 7.49. The second-order valence-electron chi connectivity index (χ2n) is 4.95. The molecule has 1 fully saturated rings. The molecule has 0 atom stereocenters. The van der Waals surface area contributed by atoms with E-state index in [0.717, 1.165) is 21.5 Å². The predicted octanol–water partition coefficient (Wildman–Crippen LogP) is 2.54. The van der Waals surface area contributed by atoms with Crippen LogP contribution in [-0.2, 0) is 14.3 Å². The largest absolute Gasteiger partial charge is 0.456 e. The van der Waals surface area contributed by atoms with E-state index in [0.29, 0.717) is 5.69 Å². The first-order valence-electron chi connectivity index (χ1n) is 7.15. The molecule has 1 N–H and O–H groups in total. The number of hydrogen-bond donors (Lipinski definition) is 1. The number of ketones is 1. The molecule has 7 nitrogen and oxygen atoms in total. The van der Waals surface area contributed by atoms with Gasteiger partial charge in [-0.15, -0.1) is 11.3 Å². The van der Waals surface area contributed by atoms with Crippen LogP contribution in [0.5, 0.6) is 0 Å². The smallest absolute Gasteiger partial charge is 0.326 e. The van der Waals surface area contributed by atoms with Crippen molar-refractivity contribution in [3.63, 3.8) is 0 Å². The number of aromatic nitrogens is 1. The zero-order valence-corrected chi connectivity index (χ0v) is 14.4. The molecule has 2 aromatic heterocycles. The molecule has 0 unspecified atom stereocenters. The Kier molecular flexibility index (Phi) is 5.15. The molecule has 0 aromatic carbocycles. The van der Waals surface area contributed by atoms with Gasteiger partial charge < -0.3 is 9.72 Å². The van der Waals surface area contributed by atoms with Crippen molar-refractivity contribution in [1.29, 1.82) is 0 Å². The molecule has 9 heteroatoms. The van der Waals surface area contributed by atoms with Crippen LogP contribution in [0.15, 0.2) is 40.7 Å². The molecule has 2 aromatic rings. The van der Waals surface area contributed by atoms with Crippen molar-refractivity contribution in [3.05, 3.63) is 51.3 Å². The number of Topliss-reactive ketones (excluding diaryl/α,β-unsaturated/α-hetero) is 1. The average molecular weight is 376 g/mol. The molecule has 0 radical (unpaired) electrons. The summed E-state index contributed by atoms with van der Waals surface area (Å²) in [4.78, 5) is 52.4. The molecule has 1 saturated heterocycles. The number of thioether (sulfide) groups is 1. The monoisotopic (exact) mass is 376 g/mol. The van der Waals surface area contributed by atoms with Gasteiger partial charge in [0.15, 0.2) is 6.61 Å². The first-order chi connectivity index (χ1) is 12.0. The first-order valence-corrected chi connectivity index (χ1v) is 8.85. The molecule has 3 heterocycles. The maximum atomic E-state index is 12.2. The van der Waals surface area contributed by atoms with Crippen LogP contribution in [0.1, 0.15) is 15.4 Å². The molecule has 128 valence electrons. The van der Waals surface area contributed by atoms with Gasteiger partial charge in [0.05, 0.1) is 10.6 Å². The van der Waals surface area contributed by atoms with Gasteiger partial charge in [0, 0.05) is 11.1 Å². The summed E-state index contributed by atoms with van der Waals surface area (Å²) in [5.41, 5.74) is 0.317. The van der Waals surface area contributed by atoms with Gasteiger partial charge >= 0.3 is 5.97 Å². The van der Waals surface area contributed by atoms with E-state index in [1.807, 2.05) is 17.5 Å². The van der Waals surface area contributed by atoms with E-state index in [1.165, 1.54) is 11.3 Å². The van der Waals surface area contributed by atoms with E-state index in [-0.39, 0.29) is 4.91 Å². The lowest BCUT2D eigenvalue weighted by atomic mass is 10.3. The summed E-state index contributed by atoms with van der Waals surface area (Å²) in [7, 11) is 0. The Hall–Kier alpha value is -2.65. The summed E-state index contributed by atoms with van der Waals surface area (Å²) in [5, 5.41) is 1.31. The van der Waals surface area contributed by atoms with Gasteiger partial charge in [-0.05, 0) is 41.4 Å². The molecule has 0 aliphatic carbocycles. The third-order valence-corrected chi connectivity index (χ3v) is 4.97. The van der Waals surface area contributed by atoms with Crippen molar-refractivity contribution in [2.75, 3.05) is 13.2 Å². The quantitative estimate of drug-likeness (QED) is 0.473. The van der Waals surface area contributed by atoms with Crippen LogP contribution < -0.4 is 0 Å². The third-order valence-electron chi connectivity index (χ3n) is 3.24. The van der Waals surface area contributed by atoms with Crippen molar-refractivity contribution in [3.8, 4) is 0 Å². The summed E-state index contributed by atoms with van der Waals surface area (Å²) >= 11 is 2.20. The highest BCUT2D eigenvalue weighted by atomic mass is 32.2. The lowest BCUT2D eigenvalue weighted by Gasteiger charge is -2.11. The fourth-order valence-corrected chi connectivity index (χ4v) is 3.60. The number of H-pyrrole nitrogens is 1. The van der Waals surface area contributed by atoms with E-state index < -0.39 is 36.1 Å². The molecule has 3 rings (SSSR count). The number of aromatic amines is 1. The number of hydrogen-bond acceptors (Lipinski definition) is 7. The van der Waals surface area contributed by atoms with Crippen molar-refractivity contribution >= 4 is 52.1 Å². The number of ether oxygens (including phenoxy) is 1. The zero-order valence-electron chi connectivity index (χ0n) is 12.8. The molecule has 0 saturated carbocycles. The van der Waals surface area contributed by atoms with E-state index in [2.05, 4.69) is 4.98 Å². The molecule has 0 spiro atoms. The van der Waals surface area contributed by atoms with Crippen LogP contribution in [0.3, 0.4) is 0 Å². The minimum Gasteiger partial charge on any atom is -0.456 e. The summed E-state index contributed by atoms with van der Waals surface area (Å²) in [6, 6.07) is 6.86. The fourth-order valence-electron chi connectivity index (χ4n) is 2.04. The minimum atomic E-state index is -0.820. The van der Waals surface area contributed by atoms with Crippen molar-refractivity contribution in [1.82, 2.24) is 9.88 Å². The summed E-state index contributed by atoms with van der Waals surface area (Å²) in [5.74, 6) is -1.76. The third kappa shape index (κ3) is 4.06. The zero-order chi connectivity index (χ0) is 17.8. The van der Waals surface area contributed by atoms with Crippen LogP contribution in [-0.4, -0.2) is 45.9 Å². The van der Waals surface area contributed by atoms with Gasteiger partial charge in [-0.25, -0.2) is 0 Å². The number of amides is 2. The molecule has 0 bridgehead atoms. The van der Waals surface area contributed by atoms with E-state index in [9.17, 15) is 19.2 Å². The number of nitrogens with one attached hydrogen (secondary N) is 1. The predicted molar refractivity (Wildman–Crippen MR) is 93.1 cm³/mol. The maximum Gasteiger partial charge on any atom is 0.326 e. The highest BCUT2D eigenvalue weighted by molar-refractivity contribution is 8.18. The van der Waals surface area contributed by atoms with Gasteiger partial charge in [0.25, 0.3) is 11.1 Å². The SMILES string of the molecule is O=C(CN1C(=O)S/C(=C\c2cccs2)C1=O)OCC(=O)c1ccc[nH]1. The molecular formula is C16H12N2O5S2. The fraction of sp³-hybridized carbons (Fsp3) is 0.125. The average Bonchev–Trinajstić information content (AvgIpc) is 3.33. The van der Waals surface area contributed by atoms with Crippen LogP contribution >= 0.6 is 23.1 Å². The van der Waals surface area contributed by atoms with Crippen LogP contribution in [0.4, 0.5) is 4.79 Å². The second-order valence-corrected chi connectivity index (χ2v) is 6.92. The minimum absolute atomic E-state index is 0.253. The van der Waals surface area contributed by atoms with Gasteiger partial charge in [-0.2, -0.15) is 0 Å². The van der Waals surface area contributed by atoms with Gasteiger partial charge in [-0.1, -0.05) is 6.07 Å². The van der Waals surface area contributed by atoms with E-state index >= 15 is 0 Å². The number of thiophene rings is 1. The molecule has 1 aliphatic rings. The molecule has 25 heavy (non-hydrogen) atoms. The molecular weight excluding hydrogens is 364 g/mol. The standard InChI is InChI=1S/C16H12N2O5S2/c19-12(11-4-1-5-17-11)9-23-14(20)8-18-15(21)13(25-16(18)22)7-10-3-2-6-24-10/h1-7,17H,8-9H2/b13-7-. The number of esters is 1. The van der Waals surface area contributed by atoms with Crippen molar-refractivity contribution < 1.29 is 23.9 Å². The summed E-state index contributed by atoms with van der Waals surface area (Å²) in [6.45, 7) is -0.981. The summed E-state index contributed by atoms with van der Waals surface area (Å²) in [6.07, 6.45) is 3.19. The van der Waals surface area contributed by atoms with Gasteiger partial charge in [0.1, 0.15) is 6.54 Å². The lowest BCUT2D eigenvalue weighted by Crippen LogP contribution is -2.35. The highest BCUT2D eigenvalue weighted by Crippen LogP contribution is 2.32. The number of nitrogens with zero attached hydrogens (tertiary/aromatic N) is 1. The Morgan fingerprint density at radius 3 is 2.76 bits per heavy atom. The Balaban J connectivity index is 1.57. The number of carbonyl (C=O) groups is 4.